The molecule has 4 rings (SSSR count). The molecule has 0 radical (unpaired) electrons. The molecule has 0 aromatic carbocycles. The fourth-order valence-corrected chi connectivity index (χ4v) is 5.32. The van der Waals surface area contributed by atoms with Gasteiger partial charge in [-0.3, -0.25) is 0 Å². The average molecular weight is 414 g/mol. The Labute approximate surface area is 176 Å². The van der Waals surface area contributed by atoms with Gasteiger partial charge in [0.05, 0.1) is 28.1 Å². The van der Waals surface area contributed by atoms with E-state index in [1.807, 2.05) is 4.52 Å². The van der Waals surface area contributed by atoms with Crippen molar-refractivity contribution < 1.29 is 4.74 Å². The molecule has 0 amide bonds. The summed E-state index contributed by atoms with van der Waals surface area (Å²) in [6.07, 6.45) is 4.78. The lowest BCUT2D eigenvalue weighted by atomic mass is 9.95. The van der Waals surface area contributed by atoms with Gasteiger partial charge in [0.15, 0.2) is 10.8 Å². The highest BCUT2D eigenvalue weighted by Gasteiger charge is 2.23. The van der Waals surface area contributed by atoms with Crippen LogP contribution in [0.2, 0.25) is 0 Å². The number of ether oxygens (including phenoxy) is 1. The van der Waals surface area contributed by atoms with Crippen LogP contribution in [0.15, 0.2) is 6.07 Å². The molecule has 3 aromatic rings. The third kappa shape index (κ3) is 3.90. The summed E-state index contributed by atoms with van der Waals surface area (Å²) in [6.45, 7) is 12.4. The van der Waals surface area contributed by atoms with Gasteiger partial charge in [-0.2, -0.15) is 5.10 Å². The predicted octanol–water partition coefficient (Wildman–Crippen LogP) is 5.27. The van der Waals surface area contributed by atoms with Crippen LogP contribution in [0.3, 0.4) is 0 Å². The summed E-state index contributed by atoms with van der Waals surface area (Å²) in [5.74, 6) is 0.500. The Morgan fingerprint density at radius 2 is 2.00 bits per heavy atom. The molecule has 0 unspecified atom stereocenters. The van der Waals surface area contributed by atoms with Crippen LogP contribution in [0.1, 0.15) is 68.1 Å². The van der Waals surface area contributed by atoms with Crippen molar-refractivity contribution >= 4 is 22.1 Å². The van der Waals surface area contributed by atoms with Crippen molar-refractivity contribution in [3.05, 3.63) is 28.7 Å². The first-order valence-electron chi connectivity index (χ1n) is 10.7. The van der Waals surface area contributed by atoms with E-state index in [-0.39, 0.29) is 0 Å². The van der Waals surface area contributed by atoms with Crippen LogP contribution in [0.5, 0.6) is 0 Å². The second kappa shape index (κ2) is 8.40. The van der Waals surface area contributed by atoms with Gasteiger partial charge >= 0.3 is 0 Å². The molecule has 0 aliphatic carbocycles. The van der Waals surface area contributed by atoms with Crippen molar-refractivity contribution in [3.8, 4) is 10.6 Å². The molecular formula is C22H31N5OS. The van der Waals surface area contributed by atoms with Crippen LogP contribution >= 0.6 is 11.3 Å². The maximum Gasteiger partial charge on any atom is 0.183 e. The summed E-state index contributed by atoms with van der Waals surface area (Å²) >= 11 is 1.68. The summed E-state index contributed by atoms with van der Waals surface area (Å²) < 4.78 is 7.77. The minimum atomic E-state index is 0.298. The number of nitrogens with one attached hydrogen (secondary N) is 1. The van der Waals surface area contributed by atoms with Crippen LogP contribution in [0.25, 0.3) is 16.2 Å². The number of hydrogen-bond acceptors (Lipinski definition) is 6. The van der Waals surface area contributed by atoms with Crippen molar-refractivity contribution in [1.29, 1.82) is 0 Å². The molecule has 6 nitrogen and oxygen atoms in total. The highest BCUT2D eigenvalue weighted by atomic mass is 32.1. The summed E-state index contributed by atoms with van der Waals surface area (Å²) in [4.78, 5) is 10.9. The minimum absolute atomic E-state index is 0.298. The van der Waals surface area contributed by atoms with Gasteiger partial charge in [0, 0.05) is 18.7 Å². The Kier molecular flexibility index (Phi) is 5.88. The summed E-state index contributed by atoms with van der Waals surface area (Å²) in [5, 5.41) is 9.25. The Morgan fingerprint density at radius 1 is 1.21 bits per heavy atom. The topological polar surface area (TPSA) is 64.3 Å². The fraction of sp³-hybridized carbons (Fsp3) is 0.591. The number of aryl methyl sites for hydroxylation is 3. The molecule has 1 aliphatic heterocycles. The average Bonchev–Trinajstić information content (AvgIpc) is 3.40. The first-order chi connectivity index (χ1) is 14.0. The van der Waals surface area contributed by atoms with E-state index >= 15 is 0 Å². The van der Waals surface area contributed by atoms with E-state index < -0.39 is 0 Å². The zero-order valence-corrected chi connectivity index (χ0v) is 18.9. The van der Waals surface area contributed by atoms with Crippen LogP contribution in [0, 0.1) is 20.8 Å². The van der Waals surface area contributed by atoms with Crippen molar-refractivity contribution in [2.45, 2.75) is 72.3 Å². The van der Waals surface area contributed by atoms with Crippen LogP contribution in [0.4, 0.5) is 5.13 Å². The molecule has 29 heavy (non-hydrogen) atoms. The smallest absolute Gasteiger partial charge is 0.183 e. The maximum absolute atomic E-state index is 5.72. The highest BCUT2D eigenvalue weighted by Crippen LogP contribution is 2.37. The zero-order chi connectivity index (χ0) is 20.5. The lowest BCUT2D eigenvalue weighted by Crippen LogP contribution is -2.18. The molecule has 7 heteroatoms. The molecule has 1 saturated heterocycles. The normalized spacial score (nSPS) is 17.0. The SMILES string of the molecule is CCC(CC)c1cc(C)nn2c(-c3sc(NC[C@H]4CCCO4)nc3C)c(C)nc12. The third-order valence-electron chi connectivity index (χ3n) is 5.85. The van der Waals surface area contributed by atoms with E-state index in [1.165, 1.54) is 5.56 Å². The van der Waals surface area contributed by atoms with E-state index in [2.05, 4.69) is 46.0 Å². The Morgan fingerprint density at radius 3 is 2.69 bits per heavy atom. The number of thiazole rings is 1. The Bertz CT molecular complexity index is 998. The lowest BCUT2D eigenvalue weighted by Gasteiger charge is -2.14. The van der Waals surface area contributed by atoms with Gasteiger partial charge in [-0.15, -0.1) is 0 Å². The molecule has 3 aromatic heterocycles. The Balaban J connectivity index is 1.73. The summed E-state index contributed by atoms with van der Waals surface area (Å²) in [5.41, 5.74) is 6.40. The molecule has 156 valence electrons. The second-order valence-corrected chi connectivity index (χ2v) is 8.98. The van der Waals surface area contributed by atoms with Gasteiger partial charge in [-0.25, -0.2) is 14.5 Å². The minimum Gasteiger partial charge on any atom is -0.376 e. The third-order valence-corrected chi connectivity index (χ3v) is 6.97. The predicted molar refractivity (Wildman–Crippen MR) is 119 cm³/mol. The van der Waals surface area contributed by atoms with E-state index in [4.69, 9.17) is 19.8 Å². The summed E-state index contributed by atoms with van der Waals surface area (Å²) in [7, 11) is 0. The number of imidazole rings is 1. The number of nitrogens with zero attached hydrogens (tertiary/aromatic N) is 4. The first kappa shape index (κ1) is 20.3. The highest BCUT2D eigenvalue weighted by molar-refractivity contribution is 7.19. The van der Waals surface area contributed by atoms with Crippen molar-refractivity contribution in [2.75, 3.05) is 18.5 Å². The van der Waals surface area contributed by atoms with Crippen molar-refractivity contribution in [2.24, 2.45) is 0 Å². The van der Waals surface area contributed by atoms with E-state index in [0.29, 0.717) is 12.0 Å². The van der Waals surface area contributed by atoms with Crippen molar-refractivity contribution in [1.82, 2.24) is 19.6 Å². The molecule has 1 atom stereocenters. The molecule has 0 saturated carbocycles. The van der Waals surface area contributed by atoms with E-state index in [0.717, 1.165) is 77.3 Å². The van der Waals surface area contributed by atoms with E-state index in [9.17, 15) is 0 Å². The number of anilines is 1. The number of fused-ring (bicyclic) bond motifs is 1. The Hall–Kier alpha value is -1.99. The van der Waals surface area contributed by atoms with Gasteiger partial charge in [0.25, 0.3) is 0 Å². The number of aromatic nitrogens is 4. The summed E-state index contributed by atoms with van der Waals surface area (Å²) in [6, 6.07) is 2.21. The number of rotatable bonds is 7. The fourth-order valence-electron chi connectivity index (χ4n) is 4.27. The quantitative estimate of drug-likeness (QED) is 0.571. The molecule has 0 bridgehead atoms. The molecule has 1 N–H and O–H groups in total. The van der Waals surface area contributed by atoms with Gasteiger partial charge in [0.1, 0.15) is 5.69 Å². The lowest BCUT2D eigenvalue weighted by molar-refractivity contribution is 0.120. The van der Waals surface area contributed by atoms with Gasteiger partial charge < -0.3 is 10.1 Å². The van der Waals surface area contributed by atoms with Crippen LogP contribution in [-0.2, 0) is 4.74 Å². The van der Waals surface area contributed by atoms with Gasteiger partial charge in [0.2, 0.25) is 0 Å². The molecular weight excluding hydrogens is 382 g/mol. The number of hydrogen-bond donors (Lipinski definition) is 1. The van der Waals surface area contributed by atoms with Gasteiger partial charge in [-0.1, -0.05) is 25.2 Å². The molecule has 0 spiro atoms. The standard InChI is InChI=1S/C22H31N5OS/c1-6-16(7-2)18-11-13(3)26-27-19(14(4)24-21(18)27)20-15(5)25-22(29-20)23-12-17-9-8-10-28-17/h11,16-17H,6-10,12H2,1-5H3,(H,23,25)/t17-/m1/s1. The zero-order valence-electron chi connectivity index (χ0n) is 18.1. The molecule has 1 aliphatic rings. The van der Waals surface area contributed by atoms with E-state index in [1.54, 1.807) is 11.3 Å². The largest absolute Gasteiger partial charge is 0.376 e. The van der Waals surface area contributed by atoms with Gasteiger partial charge in [-0.05, 0) is 58.4 Å². The second-order valence-electron chi connectivity index (χ2n) is 7.99. The maximum atomic E-state index is 5.72. The monoisotopic (exact) mass is 413 g/mol. The van der Waals surface area contributed by atoms with Crippen LogP contribution in [-0.4, -0.2) is 38.8 Å². The van der Waals surface area contributed by atoms with Crippen molar-refractivity contribution in [3.63, 3.8) is 0 Å². The van der Waals surface area contributed by atoms with Crippen LogP contribution < -0.4 is 5.32 Å². The first-order valence-corrected chi connectivity index (χ1v) is 11.5. The molecule has 1 fully saturated rings. The molecule has 4 heterocycles.